The van der Waals surface area contributed by atoms with E-state index in [0.29, 0.717) is 17.2 Å². The summed E-state index contributed by atoms with van der Waals surface area (Å²) in [5, 5.41) is 3.86. The van der Waals surface area contributed by atoms with Gasteiger partial charge in [0.2, 0.25) is 0 Å². The maximum atomic E-state index is 6.53. The van der Waals surface area contributed by atoms with Crippen LogP contribution in [0, 0.1) is 0 Å². The molecule has 2 heterocycles. The van der Waals surface area contributed by atoms with Gasteiger partial charge in [-0.15, -0.1) is 0 Å². The second-order valence-corrected chi connectivity index (χ2v) is 8.17. The van der Waals surface area contributed by atoms with Crippen LogP contribution >= 0.6 is 0 Å². The fourth-order valence-corrected chi connectivity index (χ4v) is 5.46. The van der Waals surface area contributed by atoms with Gasteiger partial charge in [-0.1, -0.05) is 32.1 Å². The van der Waals surface area contributed by atoms with Gasteiger partial charge in [0.05, 0.1) is 11.7 Å². The van der Waals surface area contributed by atoms with Gasteiger partial charge in [-0.25, -0.2) is 0 Å². The third kappa shape index (κ3) is 3.02. The Morgan fingerprint density at radius 1 is 0.952 bits per heavy atom. The van der Waals surface area contributed by atoms with Crippen LogP contribution in [-0.4, -0.2) is 48.3 Å². The maximum Gasteiger partial charge on any atom is 0.0710 e. The van der Waals surface area contributed by atoms with Crippen molar-refractivity contribution in [1.29, 1.82) is 0 Å². The quantitative estimate of drug-likeness (QED) is 0.846. The lowest BCUT2D eigenvalue weighted by Gasteiger charge is -2.46. The van der Waals surface area contributed by atoms with Crippen molar-refractivity contribution in [2.24, 2.45) is 0 Å². The van der Waals surface area contributed by atoms with Crippen LogP contribution in [0.3, 0.4) is 0 Å². The average molecular weight is 292 g/mol. The predicted octanol–water partition coefficient (Wildman–Crippen LogP) is 3.09. The molecule has 21 heavy (non-hydrogen) atoms. The van der Waals surface area contributed by atoms with Gasteiger partial charge in [-0.2, -0.15) is 0 Å². The summed E-state index contributed by atoms with van der Waals surface area (Å²) in [7, 11) is 0. The Kier molecular flexibility index (Phi) is 4.01. The zero-order valence-corrected chi connectivity index (χ0v) is 13.5. The van der Waals surface area contributed by atoms with Crippen LogP contribution in [0.2, 0.25) is 0 Å². The predicted molar refractivity (Wildman–Crippen MR) is 85.6 cm³/mol. The van der Waals surface area contributed by atoms with Crippen molar-refractivity contribution in [2.45, 2.75) is 87.9 Å². The molecular formula is C18H32N2O. The van der Waals surface area contributed by atoms with E-state index in [1.807, 2.05) is 0 Å². The summed E-state index contributed by atoms with van der Waals surface area (Å²) in [4.78, 5) is 2.71. The van der Waals surface area contributed by atoms with Gasteiger partial charge in [0, 0.05) is 31.7 Å². The van der Waals surface area contributed by atoms with Crippen molar-refractivity contribution in [3.63, 3.8) is 0 Å². The summed E-state index contributed by atoms with van der Waals surface area (Å²) in [5.74, 6) is 0. The van der Waals surface area contributed by atoms with Crippen LogP contribution in [0.15, 0.2) is 0 Å². The molecule has 120 valence electrons. The number of nitrogens with zero attached hydrogens (tertiary/aromatic N) is 1. The zero-order valence-electron chi connectivity index (χ0n) is 13.5. The van der Waals surface area contributed by atoms with Gasteiger partial charge in [0.1, 0.15) is 0 Å². The molecule has 0 aromatic heterocycles. The molecule has 4 aliphatic rings. The third-order valence-corrected chi connectivity index (χ3v) is 6.58. The first-order valence-electron chi connectivity index (χ1n) is 9.43. The molecule has 3 heteroatoms. The van der Waals surface area contributed by atoms with Crippen LogP contribution < -0.4 is 5.32 Å². The van der Waals surface area contributed by atoms with E-state index >= 15 is 0 Å². The van der Waals surface area contributed by atoms with Gasteiger partial charge in [0.25, 0.3) is 0 Å². The Labute approximate surface area is 129 Å². The molecule has 0 aromatic rings. The lowest BCUT2D eigenvalue weighted by molar-refractivity contribution is -0.0531. The van der Waals surface area contributed by atoms with Crippen LogP contribution in [0.25, 0.3) is 0 Å². The number of hydrogen-bond acceptors (Lipinski definition) is 3. The van der Waals surface area contributed by atoms with Crippen LogP contribution in [0.5, 0.6) is 0 Å². The van der Waals surface area contributed by atoms with Crippen LogP contribution in [0.1, 0.15) is 70.6 Å². The average Bonchev–Trinajstić information content (AvgIpc) is 3.11. The van der Waals surface area contributed by atoms with E-state index in [2.05, 4.69) is 10.2 Å². The molecular weight excluding hydrogens is 260 g/mol. The molecule has 2 spiro atoms. The highest BCUT2D eigenvalue weighted by atomic mass is 16.5. The molecule has 0 radical (unpaired) electrons. The zero-order chi connectivity index (χ0) is 14.2. The van der Waals surface area contributed by atoms with Crippen molar-refractivity contribution in [1.82, 2.24) is 10.2 Å². The molecule has 1 atom stereocenters. The van der Waals surface area contributed by atoms with E-state index in [9.17, 15) is 0 Å². The minimum atomic E-state index is 0.307. The lowest BCUT2D eigenvalue weighted by Crippen LogP contribution is -2.61. The lowest BCUT2D eigenvalue weighted by atomic mass is 9.80. The SMILES string of the molecule is C1CCC2(CC1)CN(CC1CCC3(CCCC3)O1)CCN2. The van der Waals surface area contributed by atoms with E-state index in [-0.39, 0.29) is 0 Å². The van der Waals surface area contributed by atoms with Crippen molar-refractivity contribution < 1.29 is 4.74 Å². The Morgan fingerprint density at radius 2 is 1.71 bits per heavy atom. The molecule has 0 aromatic carbocycles. The van der Waals surface area contributed by atoms with Crippen molar-refractivity contribution in [2.75, 3.05) is 26.2 Å². The Morgan fingerprint density at radius 3 is 2.52 bits per heavy atom. The molecule has 0 amide bonds. The normalized spacial score (nSPS) is 35.7. The summed E-state index contributed by atoms with van der Waals surface area (Å²) < 4.78 is 6.53. The smallest absolute Gasteiger partial charge is 0.0710 e. The molecule has 2 saturated heterocycles. The molecule has 0 bridgehead atoms. The molecule has 2 aliphatic heterocycles. The summed E-state index contributed by atoms with van der Waals surface area (Å²) in [6.07, 6.45) is 15.6. The molecule has 2 aliphatic carbocycles. The minimum Gasteiger partial charge on any atom is -0.370 e. The first-order valence-corrected chi connectivity index (χ1v) is 9.43. The topological polar surface area (TPSA) is 24.5 Å². The Hall–Kier alpha value is -0.120. The first-order chi connectivity index (χ1) is 10.3. The highest BCUT2D eigenvalue weighted by Crippen LogP contribution is 2.43. The molecule has 4 fully saturated rings. The highest BCUT2D eigenvalue weighted by Gasteiger charge is 2.43. The summed E-state index contributed by atoms with van der Waals surface area (Å²) in [6, 6.07) is 0. The molecule has 1 unspecified atom stereocenters. The van der Waals surface area contributed by atoms with E-state index in [1.165, 1.54) is 96.8 Å². The van der Waals surface area contributed by atoms with E-state index in [4.69, 9.17) is 4.74 Å². The Bertz CT molecular complexity index is 353. The number of piperazine rings is 1. The number of hydrogen-bond donors (Lipinski definition) is 1. The largest absolute Gasteiger partial charge is 0.370 e. The maximum absolute atomic E-state index is 6.53. The molecule has 3 nitrogen and oxygen atoms in total. The fourth-order valence-electron chi connectivity index (χ4n) is 5.46. The van der Waals surface area contributed by atoms with Gasteiger partial charge in [0.15, 0.2) is 0 Å². The minimum absolute atomic E-state index is 0.307. The summed E-state index contributed by atoms with van der Waals surface area (Å²) in [6.45, 7) is 4.84. The summed E-state index contributed by atoms with van der Waals surface area (Å²) in [5.41, 5.74) is 0.751. The molecule has 2 saturated carbocycles. The van der Waals surface area contributed by atoms with Gasteiger partial charge >= 0.3 is 0 Å². The van der Waals surface area contributed by atoms with Gasteiger partial charge in [-0.05, 0) is 38.5 Å². The molecule has 1 N–H and O–H groups in total. The van der Waals surface area contributed by atoms with E-state index in [1.54, 1.807) is 0 Å². The fraction of sp³-hybridized carbons (Fsp3) is 1.00. The number of rotatable bonds is 2. The van der Waals surface area contributed by atoms with E-state index < -0.39 is 0 Å². The standard InChI is InChI=1S/C18H32N2O/c1-2-7-17(8-3-1)15-20(13-12-19-17)14-16-6-11-18(21-16)9-4-5-10-18/h16,19H,1-15H2. The second-order valence-electron chi connectivity index (χ2n) is 8.17. The molecule has 4 rings (SSSR count). The van der Waals surface area contributed by atoms with Crippen molar-refractivity contribution in [3.05, 3.63) is 0 Å². The first kappa shape index (κ1) is 14.5. The van der Waals surface area contributed by atoms with Gasteiger partial charge in [-0.3, -0.25) is 4.90 Å². The highest BCUT2D eigenvalue weighted by molar-refractivity contribution is 4.98. The second kappa shape index (κ2) is 5.82. The van der Waals surface area contributed by atoms with Crippen LogP contribution in [-0.2, 0) is 4.74 Å². The van der Waals surface area contributed by atoms with E-state index in [0.717, 1.165) is 0 Å². The van der Waals surface area contributed by atoms with Crippen LogP contribution in [0.4, 0.5) is 0 Å². The van der Waals surface area contributed by atoms with Gasteiger partial charge < -0.3 is 10.1 Å². The Balaban J connectivity index is 1.32. The monoisotopic (exact) mass is 292 g/mol. The van der Waals surface area contributed by atoms with Crippen molar-refractivity contribution >= 4 is 0 Å². The number of ether oxygens (including phenoxy) is 1. The summed E-state index contributed by atoms with van der Waals surface area (Å²) >= 11 is 0. The van der Waals surface area contributed by atoms with Crippen molar-refractivity contribution in [3.8, 4) is 0 Å². The number of nitrogens with one attached hydrogen (secondary N) is 1. The third-order valence-electron chi connectivity index (χ3n) is 6.58.